The van der Waals surface area contributed by atoms with Crippen molar-refractivity contribution in [2.45, 2.75) is 38.8 Å². The molecular weight excluding hydrogens is 226 g/mol. The number of likely N-dealkylation sites (N-methyl/N-ethyl adjacent to an activating group) is 1. The summed E-state index contributed by atoms with van der Waals surface area (Å²) in [6.45, 7) is 5.13. The van der Waals surface area contributed by atoms with Crippen molar-refractivity contribution >= 4 is 0 Å². The van der Waals surface area contributed by atoms with Crippen LogP contribution in [0.15, 0.2) is 24.3 Å². The second-order valence-electron chi connectivity index (χ2n) is 5.28. The highest BCUT2D eigenvalue weighted by Gasteiger charge is 2.27. The third-order valence-electron chi connectivity index (χ3n) is 3.41. The van der Waals surface area contributed by atoms with Gasteiger partial charge in [0.2, 0.25) is 0 Å². The molecule has 0 radical (unpaired) electrons. The van der Waals surface area contributed by atoms with Gasteiger partial charge in [-0.25, -0.2) is 0 Å². The van der Waals surface area contributed by atoms with Gasteiger partial charge in [-0.1, -0.05) is 26.0 Å². The van der Waals surface area contributed by atoms with E-state index < -0.39 is 0 Å². The summed E-state index contributed by atoms with van der Waals surface area (Å²) in [6, 6.07) is 8.22. The van der Waals surface area contributed by atoms with Gasteiger partial charge in [0.15, 0.2) is 11.5 Å². The van der Waals surface area contributed by atoms with E-state index in [0.29, 0.717) is 12.6 Å². The predicted molar refractivity (Wildman–Crippen MR) is 73.3 cm³/mol. The van der Waals surface area contributed by atoms with E-state index in [1.54, 1.807) is 0 Å². The standard InChI is InChI=1S/C15H23NO2/c1-11(2)8-9-12(16-3)15-10-17-13-6-4-5-7-14(13)18-15/h4-7,11-12,15-16H,8-10H2,1-3H3. The van der Waals surface area contributed by atoms with Crippen LogP contribution < -0.4 is 14.8 Å². The van der Waals surface area contributed by atoms with Gasteiger partial charge in [0.25, 0.3) is 0 Å². The van der Waals surface area contributed by atoms with Crippen LogP contribution in [0.1, 0.15) is 26.7 Å². The molecule has 1 aliphatic heterocycles. The molecule has 0 spiro atoms. The molecule has 3 heteroatoms. The summed E-state index contributed by atoms with van der Waals surface area (Å²) >= 11 is 0. The molecule has 1 N–H and O–H groups in total. The fourth-order valence-electron chi connectivity index (χ4n) is 2.26. The highest BCUT2D eigenvalue weighted by Crippen LogP contribution is 2.32. The number of fused-ring (bicyclic) bond motifs is 1. The van der Waals surface area contributed by atoms with Crippen molar-refractivity contribution in [3.05, 3.63) is 24.3 Å². The van der Waals surface area contributed by atoms with E-state index in [4.69, 9.17) is 9.47 Å². The first kappa shape index (κ1) is 13.2. The van der Waals surface area contributed by atoms with Crippen molar-refractivity contribution in [1.29, 1.82) is 0 Å². The number of para-hydroxylation sites is 2. The Hall–Kier alpha value is -1.22. The zero-order valence-corrected chi connectivity index (χ0v) is 11.5. The quantitative estimate of drug-likeness (QED) is 0.870. The fourth-order valence-corrected chi connectivity index (χ4v) is 2.26. The summed E-state index contributed by atoms with van der Waals surface area (Å²) in [6.07, 6.45) is 2.42. The Morgan fingerprint density at radius 1 is 1.22 bits per heavy atom. The van der Waals surface area contributed by atoms with E-state index in [2.05, 4.69) is 19.2 Å². The van der Waals surface area contributed by atoms with Crippen molar-refractivity contribution in [2.24, 2.45) is 5.92 Å². The number of nitrogens with one attached hydrogen (secondary N) is 1. The first-order chi connectivity index (χ1) is 8.70. The van der Waals surface area contributed by atoms with Gasteiger partial charge in [-0.15, -0.1) is 0 Å². The molecule has 100 valence electrons. The maximum Gasteiger partial charge on any atom is 0.161 e. The first-order valence-corrected chi connectivity index (χ1v) is 6.76. The summed E-state index contributed by atoms with van der Waals surface area (Å²) in [5, 5.41) is 3.35. The average molecular weight is 249 g/mol. The molecule has 3 nitrogen and oxygen atoms in total. The maximum absolute atomic E-state index is 6.03. The Bertz CT molecular complexity index is 379. The molecule has 0 amide bonds. The van der Waals surface area contributed by atoms with Crippen LogP contribution in [0.4, 0.5) is 0 Å². The zero-order valence-electron chi connectivity index (χ0n) is 11.5. The molecular formula is C15H23NO2. The molecule has 1 aliphatic rings. The van der Waals surface area contributed by atoms with Gasteiger partial charge in [0, 0.05) is 6.04 Å². The minimum absolute atomic E-state index is 0.101. The molecule has 1 aromatic carbocycles. The van der Waals surface area contributed by atoms with Crippen molar-refractivity contribution in [3.8, 4) is 11.5 Å². The minimum atomic E-state index is 0.101. The number of benzene rings is 1. The van der Waals surface area contributed by atoms with Crippen LogP contribution in [0, 0.1) is 5.92 Å². The van der Waals surface area contributed by atoms with Crippen LogP contribution in [0.25, 0.3) is 0 Å². The monoisotopic (exact) mass is 249 g/mol. The Kier molecular flexibility index (Phi) is 4.48. The molecule has 2 atom stereocenters. The summed E-state index contributed by atoms with van der Waals surface area (Å²) in [5.41, 5.74) is 0. The SMILES string of the molecule is CNC(CCC(C)C)C1COc2ccccc2O1. The van der Waals surface area contributed by atoms with E-state index in [1.165, 1.54) is 6.42 Å². The number of hydrogen-bond donors (Lipinski definition) is 1. The second kappa shape index (κ2) is 6.10. The molecule has 18 heavy (non-hydrogen) atoms. The zero-order chi connectivity index (χ0) is 13.0. The molecule has 0 bridgehead atoms. The Morgan fingerprint density at radius 2 is 1.94 bits per heavy atom. The van der Waals surface area contributed by atoms with Crippen LogP contribution >= 0.6 is 0 Å². The van der Waals surface area contributed by atoms with Crippen molar-refractivity contribution in [3.63, 3.8) is 0 Å². The maximum atomic E-state index is 6.03. The van der Waals surface area contributed by atoms with E-state index in [0.717, 1.165) is 23.8 Å². The summed E-state index contributed by atoms with van der Waals surface area (Å²) in [7, 11) is 1.99. The third kappa shape index (κ3) is 3.16. The van der Waals surface area contributed by atoms with E-state index >= 15 is 0 Å². The van der Waals surface area contributed by atoms with Crippen LogP contribution in [-0.4, -0.2) is 25.8 Å². The molecule has 0 saturated carbocycles. The largest absolute Gasteiger partial charge is 0.486 e. The second-order valence-corrected chi connectivity index (χ2v) is 5.28. The van der Waals surface area contributed by atoms with Gasteiger partial charge < -0.3 is 14.8 Å². The Balaban J connectivity index is 1.98. The van der Waals surface area contributed by atoms with E-state index in [-0.39, 0.29) is 6.10 Å². The number of hydrogen-bond acceptors (Lipinski definition) is 3. The summed E-state index contributed by atoms with van der Waals surface area (Å²) < 4.78 is 11.8. The van der Waals surface area contributed by atoms with Crippen molar-refractivity contribution < 1.29 is 9.47 Å². The fraction of sp³-hybridized carbons (Fsp3) is 0.600. The van der Waals surface area contributed by atoms with Crippen LogP contribution in [-0.2, 0) is 0 Å². The Labute approximate surface area is 109 Å². The predicted octanol–water partition coefficient (Wildman–Crippen LogP) is 2.85. The number of rotatable bonds is 5. The van der Waals surface area contributed by atoms with Crippen LogP contribution in [0.2, 0.25) is 0 Å². The minimum Gasteiger partial charge on any atom is -0.486 e. The normalized spacial score (nSPS) is 19.9. The van der Waals surface area contributed by atoms with E-state index in [9.17, 15) is 0 Å². The van der Waals surface area contributed by atoms with Crippen molar-refractivity contribution in [1.82, 2.24) is 5.32 Å². The molecule has 2 rings (SSSR count). The molecule has 0 saturated heterocycles. The van der Waals surface area contributed by atoms with Crippen LogP contribution in [0.3, 0.4) is 0 Å². The summed E-state index contributed by atoms with van der Waals surface area (Å²) in [5.74, 6) is 2.43. The van der Waals surface area contributed by atoms with Gasteiger partial charge in [-0.2, -0.15) is 0 Å². The van der Waals surface area contributed by atoms with Gasteiger partial charge >= 0.3 is 0 Å². The molecule has 2 unspecified atom stereocenters. The lowest BCUT2D eigenvalue weighted by molar-refractivity contribution is 0.0601. The molecule has 0 aliphatic carbocycles. The highest BCUT2D eigenvalue weighted by atomic mass is 16.6. The topological polar surface area (TPSA) is 30.5 Å². The lowest BCUT2D eigenvalue weighted by Crippen LogP contribution is -2.46. The summed E-state index contributed by atoms with van der Waals surface area (Å²) in [4.78, 5) is 0. The lowest BCUT2D eigenvalue weighted by Gasteiger charge is -2.32. The average Bonchev–Trinajstić information content (AvgIpc) is 2.39. The molecule has 1 aromatic rings. The van der Waals surface area contributed by atoms with Gasteiger partial charge in [-0.3, -0.25) is 0 Å². The smallest absolute Gasteiger partial charge is 0.161 e. The van der Waals surface area contributed by atoms with Gasteiger partial charge in [-0.05, 0) is 37.9 Å². The highest BCUT2D eigenvalue weighted by molar-refractivity contribution is 5.40. The van der Waals surface area contributed by atoms with Crippen molar-refractivity contribution in [2.75, 3.05) is 13.7 Å². The first-order valence-electron chi connectivity index (χ1n) is 6.76. The van der Waals surface area contributed by atoms with E-state index in [1.807, 2.05) is 31.3 Å². The van der Waals surface area contributed by atoms with Gasteiger partial charge in [0.1, 0.15) is 12.7 Å². The Morgan fingerprint density at radius 3 is 2.61 bits per heavy atom. The third-order valence-corrected chi connectivity index (χ3v) is 3.41. The lowest BCUT2D eigenvalue weighted by atomic mass is 9.99. The molecule has 0 fully saturated rings. The molecule has 0 aromatic heterocycles. The number of ether oxygens (including phenoxy) is 2. The molecule has 1 heterocycles. The van der Waals surface area contributed by atoms with Gasteiger partial charge in [0.05, 0.1) is 0 Å². The van der Waals surface area contributed by atoms with Crippen LogP contribution in [0.5, 0.6) is 11.5 Å².